The molecular formula is C10H14N6. The molecule has 2 aromatic heterocycles. The number of nitrogens with one attached hydrogen (secondary N) is 1. The largest absolute Gasteiger partial charge is 0.308 e. The number of rotatable bonds is 3. The summed E-state index contributed by atoms with van der Waals surface area (Å²) in [5.74, 6) is 6.10. The molecule has 16 heavy (non-hydrogen) atoms. The van der Waals surface area contributed by atoms with Gasteiger partial charge in [0.15, 0.2) is 0 Å². The molecule has 0 spiro atoms. The first-order chi connectivity index (χ1) is 7.86. The molecule has 2 aromatic rings. The number of hydrazine groups is 1. The van der Waals surface area contributed by atoms with Crippen molar-refractivity contribution in [1.82, 2.24) is 20.0 Å². The SMILES string of the molecule is CCCN=C(NN)c1cnn2ccncc12. The number of nitrogens with two attached hydrogens (primary N) is 1. The van der Waals surface area contributed by atoms with Crippen molar-refractivity contribution in [3.05, 3.63) is 30.4 Å². The standard InChI is InChI=1S/C10H14N6/c1-2-3-13-10(15-11)8-6-14-16-5-4-12-7-9(8)16/h4-7H,2-3,11H2,1H3,(H,13,15). The van der Waals surface area contributed by atoms with Crippen LogP contribution in [0.25, 0.3) is 5.52 Å². The average molecular weight is 218 g/mol. The molecule has 6 nitrogen and oxygen atoms in total. The molecule has 2 rings (SSSR count). The van der Waals surface area contributed by atoms with Crippen LogP contribution in [0.15, 0.2) is 29.8 Å². The van der Waals surface area contributed by atoms with Crippen LogP contribution in [0.1, 0.15) is 18.9 Å². The Hall–Kier alpha value is -1.95. The zero-order valence-electron chi connectivity index (χ0n) is 9.09. The number of aliphatic imine (C=N–C) groups is 1. The Balaban J connectivity index is 2.45. The van der Waals surface area contributed by atoms with E-state index in [1.807, 2.05) is 0 Å². The number of nitrogens with zero attached hydrogens (tertiary/aromatic N) is 4. The second-order valence-electron chi connectivity index (χ2n) is 3.34. The number of aromatic nitrogens is 3. The highest BCUT2D eigenvalue weighted by atomic mass is 15.3. The summed E-state index contributed by atoms with van der Waals surface area (Å²) in [5, 5.41) is 4.20. The highest BCUT2D eigenvalue weighted by Gasteiger charge is 2.08. The highest BCUT2D eigenvalue weighted by molar-refractivity contribution is 6.03. The normalized spacial score (nSPS) is 12.0. The lowest BCUT2D eigenvalue weighted by atomic mass is 10.2. The number of hydrogen-bond donors (Lipinski definition) is 2. The predicted octanol–water partition coefficient (Wildman–Crippen LogP) is 0.349. The molecule has 0 bridgehead atoms. The molecule has 84 valence electrons. The summed E-state index contributed by atoms with van der Waals surface area (Å²) in [5.41, 5.74) is 4.35. The lowest BCUT2D eigenvalue weighted by Gasteiger charge is -2.03. The summed E-state index contributed by atoms with van der Waals surface area (Å²) < 4.78 is 1.74. The third kappa shape index (κ3) is 1.87. The minimum Gasteiger partial charge on any atom is -0.308 e. The maximum Gasteiger partial charge on any atom is 0.146 e. The molecule has 0 fully saturated rings. The molecule has 0 unspecified atom stereocenters. The van der Waals surface area contributed by atoms with Crippen molar-refractivity contribution in [3.63, 3.8) is 0 Å². The molecule has 0 atom stereocenters. The predicted molar refractivity (Wildman–Crippen MR) is 62.0 cm³/mol. The van der Waals surface area contributed by atoms with Crippen LogP contribution in [-0.4, -0.2) is 27.0 Å². The highest BCUT2D eigenvalue weighted by Crippen LogP contribution is 2.08. The third-order valence-corrected chi connectivity index (χ3v) is 2.21. The monoisotopic (exact) mass is 218 g/mol. The van der Waals surface area contributed by atoms with E-state index in [1.54, 1.807) is 29.3 Å². The number of fused-ring (bicyclic) bond motifs is 1. The van der Waals surface area contributed by atoms with Crippen molar-refractivity contribution < 1.29 is 0 Å². The van der Waals surface area contributed by atoms with Gasteiger partial charge in [0.2, 0.25) is 0 Å². The fourth-order valence-corrected chi connectivity index (χ4v) is 1.45. The van der Waals surface area contributed by atoms with Crippen molar-refractivity contribution in [2.45, 2.75) is 13.3 Å². The Morgan fingerprint density at radius 1 is 1.56 bits per heavy atom. The lowest BCUT2D eigenvalue weighted by Crippen LogP contribution is -2.31. The Bertz CT molecular complexity index is 501. The fourth-order valence-electron chi connectivity index (χ4n) is 1.45. The van der Waals surface area contributed by atoms with Gasteiger partial charge in [-0.15, -0.1) is 0 Å². The van der Waals surface area contributed by atoms with Gasteiger partial charge in [-0.1, -0.05) is 6.92 Å². The second-order valence-corrected chi connectivity index (χ2v) is 3.34. The maximum absolute atomic E-state index is 5.46. The van der Waals surface area contributed by atoms with Crippen LogP contribution >= 0.6 is 0 Å². The van der Waals surface area contributed by atoms with E-state index >= 15 is 0 Å². The van der Waals surface area contributed by atoms with Crippen molar-refractivity contribution >= 4 is 11.4 Å². The summed E-state index contributed by atoms with van der Waals surface area (Å²) in [6.45, 7) is 2.80. The summed E-state index contributed by atoms with van der Waals surface area (Å²) in [6, 6.07) is 0. The minimum atomic E-state index is 0.643. The first kappa shape index (κ1) is 10.6. The van der Waals surface area contributed by atoms with Gasteiger partial charge in [0.25, 0.3) is 0 Å². The van der Waals surface area contributed by atoms with Gasteiger partial charge in [0.1, 0.15) is 5.84 Å². The van der Waals surface area contributed by atoms with E-state index in [0.717, 1.165) is 24.0 Å². The van der Waals surface area contributed by atoms with E-state index in [4.69, 9.17) is 5.84 Å². The van der Waals surface area contributed by atoms with Gasteiger partial charge in [-0.3, -0.25) is 9.98 Å². The number of hydrogen-bond acceptors (Lipinski definition) is 4. The van der Waals surface area contributed by atoms with Gasteiger partial charge in [-0.25, -0.2) is 10.4 Å². The van der Waals surface area contributed by atoms with E-state index < -0.39 is 0 Å². The van der Waals surface area contributed by atoms with Crippen LogP contribution in [0, 0.1) is 0 Å². The van der Waals surface area contributed by atoms with Crippen LogP contribution < -0.4 is 11.3 Å². The molecule has 6 heteroatoms. The zero-order chi connectivity index (χ0) is 11.4. The Morgan fingerprint density at radius 3 is 3.19 bits per heavy atom. The van der Waals surface area contributed by atoms with Crippen molar-refractivity contribution in [2.24, 2.45) is 10.8 Å². The molecule has 0 aliphatic rings. The summed E-state index contributed by atoms with van der Waals surface area (Å²) in [4.78, 5) is 8.41. The zero-order valence-corrected chi connectivity index (χ0v) is 9.09. The van der Waals surface area contributed by atoms with E-state index in [0.29, 0.717) is 5.84 Å². The van der Waals surface area contributed by atoms with Gasteiger partial charge >= 0.3 is 0 Å². The van der Waals surface area contributed by atoms with Gasteiger partial charge < -0.3 is 5.43 Å². The quantitative estimate of drug-likeness (QED) is 0.337. The minimum absolute atomic E-state index is 0.643. The topological polar surface area (TPSA) is 80.6 Å². The molecule has 0 saturated heterocycles. The summed E-state index contributed by atoms with van der Waals surface area (Å²) in [7, 11) is 0. The van der Waals surface area contributed by atoms with Gasteiger partial charge in [0.05, 0.1) is 23.5 Å². The molecule has 0 saturated carbocycles. The van der Waals surface area contributed by atoms with Crippen LogP contribution in [0.2, 0.25) is 0 Å². The summed E-state index contributed by atoms with van der Waals surface area (Å²) >= 11 is 0. The maximum atomic E-state index is 5.46. The molecule has 3 N–H and O–H groups in total. The average Bonchev–Trinajstić information content (AvgIpc) is 2.75. The molecule has 2 heterocycles. The van der Waals surface area contributed by atoms with E-state index in [2.05, 4.69) is 27.4 Å². The Labute approximate surface area is 93.2 Å². The van der Waals surface area contributed by atoms with Crippen molar-refractivity contribution in [3.8, 4) is 0 Å². The summed E-state index contributed by atoms with van der Waals surface area (Å²) in [6.07, 6.45) is 7.91. The second kappa shape index (κ2) is 4.71. The van der Waals surface area contributed by atoms with Gasteiger partial charge in [-0.05, 0) is 6.42 Å². The Kier molecular flexibility index (Phi) is 3.11. The van der Waals surface area contributed by atoms with Crippen LogP contribution in [0.4, 0.5) is 0 Å². The van der Waals surface area contributed by atoms with E-state index in [-0.39, 0.29) is 0 Å². The number of amidine groups is 1. The first-order valence-corrected chi connectivity index (χ1v) is 5.15. The van der Waals surface area contributed by atoms with E-state index in [9.17, 15) is 0 Å². The van der Waals surface area contributed by atoms with Crippen LogP contribution in [-0.2, 0) is 0 Å². The smallest absolute Gasteiger partial charge is 0.146 e. The molecule has 0 aliphatic heterocycles. The van der Waals surface area contributed by atoms with Crippen molar-refractivity contribution in [1.29, 1.82) is 0 Å². The van der Waals surface area contributed by atoms with Gasteiger partial charge in [0, 0.05) is 18.9 Å². The molecule has 0 amide bonds. The van der Waals surface area contributed by atoms with E-state index in [1.165, 1.54) is 0 Å². The molecule has 0 aliphatic carbocycles. The Morgan fingerprint density at radius 2 is 2.44 bits per heavy atom. The van der Waals surface area contributed by atoms with Gasteiger partial charge in [-0.2, -0.15) is 5.10 Å². The third-order valence-electron chi connectivity index (χ3n) is 2.21. The fraction of sp³-hybridized carbons (Fsp3) is 0.300. The van der Waals surface area contributed by atoms with Crippen molar-refractivity contribution in [2.75, 3.05) is 6.54 Å². The molecular weight excluding hydrogens is 204 g/mol. The first-order valence-electron chi connectivity index (χ1n) is 5.15. The lowest BCUT2D eigenvalue weighted by molar-refractivity contribution is 0.908. The van der Waals surface area contributed by atoms with Crippen LogP contribution in [0.5, 0.6) is 0 Å². The molecule has 0 radical (unpaired) electrons. The molecule has 0 aromatic carbocycles. The van der Waals surface area contributed by atoms with Crippen LogP contribution in [0.3, 0.4) is 0 Å².